The molecular formula is C17H23N3O4S2. The molecule has 1 aliphatic rings. The molecule has 0 N–H and O–H groups in total. The van der Waals surface area contributed by atoms with Gasteiger partial charge in [-0.1, -0.05) is 13.3 Å². The van der Waals surface area contributed by atoms with Crippen molar-refractivity contribution in [2.24, 2.45) is 7.05 Å². The van der Waals surface area contributed by atoms with E-state index in [1.807, 2.05) is 6.92 Å². The summed E-state index contributed by atoms with van der Waals surface area (Å²) in [6, 6.07) is -0.292. The Labute approximate surface area is 156 Å². The molecule has 0 saturated carbocycles. The molecule has 2 aromatic rings. The maximum Gasteiger partial charge on any atom is 0.264 e. The van der Waals surface area contributed by atoms with Gasteiger partial charge in [-0.3, -0.25) is 9.59 Å². The van der Waals surface area contributed by atoms with Crippen LogP contribution in [-0.4, -0.2) is 52.9 Å². The van der Waals surface area contributed by atoms with E-state index in [2.05, 4.69) is 4.98 Å². The summed E-state index contributed by atoms with van der Waals surface area (Å²) in [5.41, 5.74) is 0.456. The highest BCUT2D eigenvalue weighted by Crippen LogP contribution is 2.30. The molecule has 0 spiro atoms. The van der Waals surface area contributed by atoms with Crippen LogP contribution in [0.2, 0.25) is 0 Å². The van der Waals surface area contributed by atoms with Gasteiger partial charge in [0.15, 0.2) is 9.84 Å². The molecule has 1 amide bonds. The predicted octanol–water partition coefficient (Wildman–Crippen LogP) is 1.73. The van der Waals surface area contributed by atoms with Crippen molar-refractivity contribution in [1.29, 1.82) is 0 Å². The average molecular weight is 398 g/mol. The lowest BCUT2D eigenvalue weighted by molar-refractivity contribution is 0.0698. The molecule has 26 heavy (non-hydrogen) atoms. The van der Waals surface area contributed by atoms with Crippen molar-refractivity contribution in [2.75, 3.05) is 18.1 Å². The fraction of sp³-hybridized carbons (Fsp3) is 0.588. The molecule has 1 unspecified atom stereocenters. The Morgan fingerprint density at radius 3 is 2.81 bits per heavy atom. The van der Waals surface area contributed by atoms with Crippen LogP contribution in [0, 0.1) is 6.92 Å². The van der Waals surface area contributed by atoms with Crippen molar-refractivity contribution in [3.05, 3.63) is 27.1 Å². The van der Waals surface area contributed by atoms with E-state index in [1.165, 1.54) is 22.2 Å². The first-order valence-corrected chi connectivity index (χ1v) is 11.3. The highest BCUT2D eigenvalue weighted by Gasteiger charge is 2.36. The summed E-state index contributed by atoms with van der Waals surface area (Å²) >= 11 is 1.21. The summed E-state index contributed by atoms with van der Waals surface area (Å²) in [5, 5.41) is 0.470. The summed E-state index contributed by atoms with van der Waals surface area (Å²) in [7, 11) is -1.46. The van der Waals surface area contributed by atoms with Gasteiger partial charge < -0.3 is 9.47 Å². The van der Waals surface area contributed by atoms with Crippen molar-refractivity contribution in [1.82, 2.24) is 14.5 Å². The van der Waals surface area contributed by atoms with Gasteiger partial charge >= 0.3 is 0 Å². The number of rotatable bonds is 5. The Morgan fingerprint density at radius 2 is 2.19 bits per heavy atom. The summed E-state index contributed by atoms with van der Waals surface area (Å²) in [4.78, 5) is 32.6. The summed E-state index contributed by atoms with van der Waals surface area (Å²) < 4.78 is 25.2. The molecule has 3 rings (SSSR count). The Morgan fingerprint density at radius 1 is 1.46 bits per heavy atom. The minimum Gasteiger partial charge on any atom is -0.334 e. The number of fused-ring (bicyclic) bond motifs is 1. The van der Waals surface area contributed by atoms with E-state index < -0.39 is 9.84 Å². The van der Waals surface area contributed by atoms with Crippen molar-refractivity contribution in [3.63, 3.8) is 0 Å². The molecule has 1 saturated heterocycles. The van der Waals surface area contributed by atoms with Crippen LogP contribution in [0.15, 0.2) is 11.1 Å². The van der Waals surface area contributed by atoms with E-state index in [0.717, 1.165) is 12.8 Å². The Kier molecular flexibility index (Phi) is 5.21. The number of hydrogen-bond acceptors (Lipinski definition) is 6. The lowest BCUT2D eigenvalue weighted by Gasteiger charge is -2.28. The summed E-state index contributed by atoms with van der Waals surface area (Å²) in [6.45, 7) is 4.32. The molecule has 9 heteroatoms. The van der Waals surface area contributed by atoms with Crippen molar-refractivity contribution >= 4 is 37.3 Å². The van der Waals surface area contributed by atoms with Crippen LogP contribution in [0.1, 0.15) is 41.4 Å². The topological polar surface area (TPSA) is 89.3 Å². The SMILES string of the molecule is CCCCN(C(=O)c1sc2ncn(C)c(=O)c2c1C)C1CCS(=O)(=O)C1. The van der Waals surface area contributed by atoms with Crippen molar-refractivity contribution in [3.8, 4) is 0 Å². The van der Waals surface area contributed by atoms with E-state index in [9.17, 15) is 18.0 Å². The van der Waals surface area contributed by atoms with Gasteiger partial charge in [0.05, 0.1) is 28.1 Å². The number of aromatic nitrogens is 2. The number of aryl methyl sites for hydroxylation is 2. The fourth-order valence-corrected chi connectivity index (χ4v) is 6.17. The van der Waals surface area contributed by atoms with Crippen LogP contribution < -0.4 is 5.56 Å². The quantitative estimate of drug-likeness (QED) is 0.767. The van der Waals surface area contributed by atoms with Gasteiger partial charge in [0, 0.05) is 19.6 Å². The first-order valence-electron chi connectivity index (χ1n) is 8.71. The number of carbonyl (C=O) groups is 1. The maximum atomic E-state index is 13.2. The number of unbranched alkanes of at least 4 members (excludes halogenated alkanes) is 1. The van der Waals surface area contributed by atoms with Crippen LogP contribution in [0.4, 0.5) is 0 Å². The van der Waals surface area contributed by atoms with Crippen LogP contribution in [-0.2, 0) is 16.9 Å². The van der Waals surface area contributed by atoms with E-state index in [0.29, 0.717) is 33.6 Å². The maximum absolute atomic E-state index is 13.2. The normalized spacial score (nSPS) is 19.1. The van der Waals surface area contributed by atoms with Gasteiger partial charge in [0.25, 0.3) is 11.5 Å². The summed E-state index contributed by atoms with van der Waals surface area (Å²) in [5.74, 6) is -0.0453. The van der Waals surface area contributed by atoms with Gasteiger partial charge in [0.2, 0.25) is 0 Å². The number of carbonyl (C=O) groups excluding carboxylic acids is 1. The molecule has 2 aromatic heterocycles. The average Bonchev–Trinajstić information content (AvgIpc) is 3.11. The zero-order valence-corrected chi connectivity index (χ0v) is 16.8. The highest BCUT2D eigenvalue weighted by molar-refractivity contribution is 7.91. The second kappa shape index (κ2) is 7.11. The molecule has 0 aromatic carbocycles. The lowest BCUT2D eigenvalue weighted by atomic mass is 10.1. The van der Waals surface area contributed by atoms with E-state index in [4.69, 9.17) is 0 Å². The van der Waals surface area contributed by atoms with Crippen LogP contribution in [0.25, 0.3) is 10.2 Å². The van der Waals surface area contributed by atoms with E-state index in [-0.39, 0.29) is 29.0 Å². The standard InChI is InChI=1S/C17H23N3O4S2/c1-4-5-7-20(12-6-8-26(23,24)9-12)17(22)14-11(2)13-15(25-14)18-10-19(3)16(13)21/h10,12H,4-9H2,1-3H3. The molecular weight excluding hydrogens is 374 g/mol. The Balaban J connectivity index is 2.01. The van der Waals surface area contributed by atoms with Gasteiger partial charge in [-0.2, -0.15) is 0 Å². The fourth-order valence-electron chi connectivity index (χ4n) is 3.34. The molecule has 1 atom stereocenters. The van der Waals surface area contributed by atoms with Gasteiger partial charge in [0.1, 0.15) is 4.83 Å². The van der Waals surface area contributed by atoms with Crippen LogP contribution in [0.5, 0.6) is 0 Å². The third kappa shape index (κ3) is 3.42. The molecule has 1 aliphatic heterocycles. The van der Waals surface area contributed by atoms with E-state index in [1.54, 1.807) is 18.9 Å². The highest BCUT2D eigenvalue weighted by atomic mass is 32.2. The zero-order valence-electron chi connectivity index (χ0n) is 15.2. The van der Waals surface area contributed by atoms with Gasteiger partial charge in [-0.25, -0.2) is 13.4 Å². The minimum atomic E-state index is -3.08. The van der Waals surface area contributed by atoms with E-state index >= 15 is 0 Å². The monoisotopic (exact) mass is 397 g/mol. The first kappa shape index (κ1) is 19.0. The number of hydrogen-bond donors (Lipinski definition) is 0. The summed E-state index contributed by atoms with van der Waals surface area (Å²) in [6.07, 6.45) is 3.65. The Hall–Kier alpha value is -1.74. The minimum absolute atomic E-state index is 0.0203. The third-order valence-electron chi connectivity index (χ3n) is 4.87. The number of amides is 1. The second-order valence-corrected chi connectivity index (χ2v) is 10.0. The van der Waals surface area contributed by atoms with Crippen LogP contribution in [0.3, 0.4) is 0 Å². The molecule has 0 aliphatic carbocycles. The van der Waals surface area contributed by atoms with Crippen molar-refractivity contribution < 1.29 is 13.2 Å². The molecule has 142 valence electrons. The lowest BCUT2D eigenvalue weighted by Crippen LogP contribution is -2.41. The third-order valence-corrected chi connectivity index (χ3v) is 7.81. The molecule has 7 nitrogen and oxygen atoms in total. The van der Waals surface area contributed by atoms with Gasteiger partial charge in [-0.15, -0.1) is 11.3 Å². The number of thiophene rings is 1. The zero-order chi connectivity index (χ0) is 19.1. The molecule has 0 bridgehead atoms. The molecule has 3 heterocycles. The Bertz CT molecular complexity index is 1010. The largest absolute Gasteiger partial charge is 0.334 e. The number of sulfone groups is 1. The molecule has 1 fully saturated rings. The van der Waals surface area contributed by atoms with Gasteiger partial charge in [-0.05, 0) is 25.3 Å². The molecule has 0 radical (unpaired) electrons. The predicted molar refractivity (Wildman–Crippen MR) is 103 cm³/mol. The second-order valence-electron chi connectivity index (χ2n) is 6.81. The first-order chi connectivity index (χ1) is 12.2. The smallest absolute Gasteiger partial charge is 0.264 e. The van der Waals surface area contributed by atoms with Crippen LogP contribution >= 0.6 is 11.3 Å². The van der Waals surface area contributed by atoms with Crippen molar-refractivity contribution in [2.45, 2.75) is 39.2 Å². The number of nitrogens with zero attached hydrogens (tertiary/aromatic N) is 3.